The second kappa shape index (κ2) is 2.85. The zero-order chi connectivity index (χ0) is 9.31. The van der Waals surface area contributed by atoms with Gasteiger partial charge < -0.3 is 5.32 Å². The summed E-state index contributed by atoms with van der Waals surface area (Å²) >= 11 is 0. The number of piperazine rings is 1. The van der Waals surface area contributed by atoms with Crippen LogP contribution in [0, 0.1) is 0 Å². The first-order chi connectivity index (χ1) is 6.21. The molecule has 0 aliphatic carbocycles. The summed E-state index contributed by atoms with van der Waals surface area (Å²) in [4.78, 5) is 10.9. The SMILES string of the molecule is CC1(c2cn[nH]c2)CNC(=O)CN1. The number of aromatic amines is 1. The zero-order valence-electron chi connectivity index (χ0n) is 7.42. The van der Waals surface area contributed by atoms with E-state index in [2.05, 4.69) is 20.8 Å². The molecule has 1 fully saturated rings. The highest BCUT2D eigenvalue weighted by Gasteiger charge is 2.31. The monoisotopic (exact) mass is 180 g/mol. The lowest BCUT2D eigenvalue weighted by Crippen LogP contribution is -2.57. The number of nitrogens with zero attached hydrogens (tertiary/aromatic N) is 1. The highest BCUT2D eigenvalue weighted by molar-refractivity contribution is 5.79. The van der Waals surface area contributed by atoms with E-state index in [-0.39, 0.29) is 11.4 Å². The topological polar surface area (TPSA) is 69.8 Å². The van der Waals surface area contributed by atoms with Gasteiger partial charge in [0.15, 0.2) is 0 Å². The molecule has 5 heteroatoms. The first-order valence-corrected chi connectivity index (χ1v) is 4.22. The lowest BCUT2D eigenvalue weighted by molar-refractivity contribution is -0.122. The van der Waals surface area contributed by atoms with E-state index in [1.807, 2.05) is 13.1 Å². The Kier molecular flexibility index (Phi) is 1.81. The van der Waals surface area contributed by atoms with Gasteiger partial charge in [0.2, 0.25) is 5.91 Å². The van der Waals surface area contributed by atoms with Crippen LogP contribution in [0.3, 0.4) is 0 Å². The van der Waals surface area contributed by atoms with Crippen molar-refractivity contribution >= 4 is 5.91 Å². The van der Waals surface area contributed by atoms with E-state index in [0.717, 1.165) is 5.56 Å². The minimum atomic E-state index is -0.194. The van der Waals surface area contributed by atoms with Crippen molar-refractivity contribution in [3.63, 3.8) is 0 Å². The summed E-state index contributed by atoms with van der Waals surface area (Å²) in [7, 11) is 0. The number of H-pyrrole nitrogens is 1. The molecule has 3 N–H and O–H groups in total. The first-order valence-electron chi connectivity index (χ1n) is 4.22. The van der Waals surface area contributed by atoms with E-state index in [9.17, 15) is 4.79 Å². The van der Waals surface area contributed by atoms with Crippen LogP contribution in [0.2, 0.25) is 0 Å². The van der Waals surface area contributed by atoms with Gasteiger partial charge in [-0.25, -0.2) is 0 Å². The van der Waals surface area contributed by atoms with E-state index in [1.165, 1.54) is 0 Å². The minimum Gasteiger partial charge on any atom is -0.353 e. The fraction of sp³-hybridized carbons (Fsp3) is 0.500. The fourth-order valence-electron chi connectivity index (χ4n) is 1.43. The number of carbonyl (C=O) groups is 1. The van der Waals surface area contributed by atoms with E-state index >= 15 is 0 Å². The van der Waals surface area contributed by atoms with Gasteiger partial charge >= 0.3 is 0 Å². The molecule has 0 spiro atoms. The number of aromatic nitrogens is 2. The summed E-state index contributed by atoms with van der Waals surface area (Å²) in [5.41, 5.74) is 0.869. The highest BCUT2D eigenvalue weighted by Crippen LogP contribution is 2.19. The molecular formula is C8H12N4O. The Labute approximate surface area is 75.9 Å². The standard InChI is InChI=1S/C8H12N4O/c1-8(6-2-11-12-3-6)5-9-7(13)4-10-8/h2-3,10H,4-5H2,1H3,(H,9,13)(H,11,12). The van der Waals surface area contributed by atoms with Crippen LogP contribution >= 0.6 is 0 Å². The number of hydrogen-bond donors (Lipinski definition) is 3. The second-order valence-corrected chi connectivity index (χ2v) is 3.45. The Balaban J connectivity index is 2.18. The van der Waals surface area contributed by atoms with E-state index < -0.39 is 0 Å². The zero-order valence-corrected chi connectivity index (χ0v) is 7.42. The molecule has 13 heavy (non-hydrogen) atoms. The minimum absolute atomic E-state index is 0.0426. The predicted octanol–water partition coefficient (Wildman–Crippen LogP) is -0.656. The third-order valence-electron chi connectivity index (χ3n) is 2.41. The third kappa shape index (κ3) is 1.42. The Hall–Kier alpha value is -1.36. The number of amides is 1. The molecule has 1 aromatic rings. The van der Waals surface area contributed by atoms with E-state index in [1.54, 1.807) is 6.20 Å². The van der Waals surface area contributed by atoms with Crippen molar-refractivity contribution in [2.75, 3.05) is 13.1 Å². The van der Waals surface area contributed by atoms with E-state index in [0.29, 0.717) is 13.1 Å². The van der Waals surface area contributed by atoms with Gasteiger partial charge in [-0.1, -0.05) is 0 Å². The lowest BCUT2D eigenvalue weighted by Gasteiger charge is -2.34. The van der Waals surface area contributed by atoms with Gasteiger partial charge in [0.25, 0.3) is 0 Å². The van der Waals surface area contributed by atoms with Crippen LogP contribution in [0.4, 0.5) is 0 Å². The maximum absolute atomic E-state index is 10.9. The van der Waals surface area contributed by atoms with Gasteiger partial charge in [0, 0.05) is 18.3 Å². The highest BCUT2D eigenvalue weighted by atomic mass is 16.2. The molecule has 0 aromatic carbocycles. The maximum atomic E-state index is 10.9. The molecule has 2 rings (SSSR count). The van der Waals surface area contributed by atoms with Gasteiger partial charge in [-0.05, 0) is 6.92 Å². The summed E-state index contributed by atoms with van der Waals surface area (Å²) < 4.78 is 0. The number of nitrogens with one attached hydrogen (secondary N) is 3. The third-order valence-corrected chi connectivity index (χ3v) is 2.41. The van der Waals surface area contributed by atoms with Crippen molar-refractivity contribution in [2.45, 2.75) is 12.5 Å². The summed E-state index contributed by atoms with van der Waals surface area (Å²) in [5, 5.41) is 12.6. The van der Waals surface area contributed by atoms with E-state index in [4.69, 9.17) is 0 Å². The van der Waals surface area contributed by atoms with Crippen molar-refractivity contribution in [3.05, 3.63) is 18.0 Å². The van der Waals surface area contributed by atoms with Gasteiger partial charge in [-0.2, -0.15) is 5.10 Å². The molecule has 1 saturated heterocycles. The summed E-state index contributed by atoms with van der Waals surface area (Å²) in [6.07, 6.45) is 3.61. The Morgan fingerprint density at radius 1 is 1.62 bits per heavy atom. The van der Waals surface area contributed by atoms with Crippen molar-refractivity contribution in [1.29, 1.82) is 0 Å². The average Bonchev–Trinajstić information content (AvgIpc) is 2.63. The Bertz CT molecular complexity index is 296. The van der Waals surface area contributed by atoms with Crippen molar-refractivity contribution in [1.82, 2.24) is 20.8 Å². The van der Waals surface area contributed by atoms with Crippen molar-refractivity contribution in [2.24, 2.45) is 0 Å². The molecule has 1 aromatic heterocycles. The average molecular weight is 180 g/mol. The number of hydrogen-bond acceptors (Lipinski definition) is 3. The molecule has 1 aliphatic rings. The molecule has 0 saturated carbocycles. The predicted molar refractivity (Wildman–Crippen MR) is 47.0 cm³/mol. The van der Waals surface area contributed by atoms with Gasteiger partial charge in [-0.15, -0.1) is 0 Å². The molecule has 2 heterocycles. The number of rotatable bonds is 1. The van der Waals surface area contributed by atoms with Crippen LogP contribution in [0.15, 0.2) is 12.4 Å². The molecule has 0 radical (unpaired) electrons. The summed E-state index contributed by atoms with van der Waals surface area (Å²) in [6, 6.07) is 0. The molecule has 5 nitrogen and oxygen atoms in total. The maximum Gasteiger partial charge on any atom is 0.234 e. The summed E-state index contributed by atoms with van der Waals surface area (Å²) in [6.45, 7) is 3.00. The lowest BCUT2D eigenvalue weighted by atomic mass is 9.93. The fourth-order valence-corrected chi connectivity index (χ4v) is 1.43. The van der Waals surface area contributed by atoms with Gasteiger partial charge in [0.05, 0.1) is 18.3 Å². The van der Waals surface area contributed by atoms with Gasteiger partial charge in [0.1, 0.15) is 0 Å². The van der Waals surface area contributed by atoms with Crippen LogP contribution in [-0.4, -0.2) is 29.2 Å². The normalized spacial score (nSPS) is 28.5. The molecule has 0 bridgehead atoms. The Morgan fingerprint density at radius 2 is 2.46 bits per heavy atom. The van der Waals surface area contributed by atoms with Crippen LogP contribution in [0.1, 0.15) is 12.5 Å². The van der Waals surface area contributed by atoms with Crippen LogP contribution < -0.4 is 10.6 Å². The largest absolute Gasteiger partial charge is 0.353 e. The quantitative estimate of drug-likeness (QED) is 0.537. The van der Waals surface area contributed by atoms with Crippen molar-refractivity contribution < 1.29 is 4.79 Å². The number of carbonyl (C=O) groups excluding carboxylic acids is 1. The van der Waals surface area contributed by atoms with Crippen LogP contribution in [-0.2, 0) is 10.3 Å². The Morgan fingerprint density at radius 3 is 3.00 bits per heavy atom. The molecule has 1 unspecified atom stereocenters. The van der Waals surface area contributed by atoms with Crippen molar-refractivity contribution in [3.8, 4) is 0 Å². The van der Waals surface area contributed by atoms with Gasteiger partial charge in [-0.3, -0.25) is 15.2 Å². The molecular weight excluding hydrogens is 168 g/mol. The smallest absolute Gasteiger partial charge is 0.234 e. The van der Waals surface area contributed by atoms with Crippen LogP contribution in [0.5, 0.6) is 0 Å². The first kappa shape index (κ1) is 8.25. The molecule has 1 amide bonds. The molecule has 1 atom stereocenters. The molecule has 1 aliphatic heterocycles. The van der Waals surface area contributed by atoms with Crippen LogP contribution in [0.25, 0.3) is 0 Å². The molecule has 70 valence electrons. The second-order valence-electron chi connectivity index (χ2n) is 3.45. The summed E-state index contributed by atoms with van der Waals surface area (Å²) in [5.74, 6) is 0.0426.